The predicted octanol–water partition coefficient (Wildman–Crippen LogP) is 4.05. The average Bonchev–Trinajstić information content (AvgIpc) is 2.91. The van der Waals surface area contributed by atoms with Crippen LogP contribution in [0.3, 0.4) is 0 Å². The van der Waals surface area contributed by atoms with Crippen LogP contribution in [0.15, 0.2) is 0 Å². The molecule has 3 aliphatic rings. The molecule has 2 saturated carbocycles. The van der Waals surface area contributed by atoms with E-state index >= 15 is 0 Å². The summed E-state index contributed by atoms with van der Waals surface area (Å²) in [5.41, 5.74) is -0.569. The lowest BCUT2D eigenvalue weighted by Gasteiger charge is -2.47. The van der Waals surface area contributed by atoms with Gasteiger partial charge >= 0.3 is 6.18 Å². The normalized spacial score (nSPS) is 39.0. The first-order valence-corrected chi connectivity index (χ1v) is 8.42. The first kappa shape index (κ1) is 15.6. The molecule has 0 amide bonds. The summed E-state index contributed by atoms with van der Waals surface area (Å²) >= 11 is 0. The third-order valence-corrected chi connectivity index (χ3v) is 5.57. The molecule has 0 aromatic carbocycles. The Balaban J connectivity index is 1.60. The monoisotopic (exact) mass is 305 g/mol. The zero-order valence-corrected chi connectivity index (χ0v) is 12.6. The number of hydrogen-bond donors (Lipinski definition) is 1. The molecular formula is C16H26F3NO. The van der Waals surface area contributed by atoms with Crippen molar-refractivity contribution in [2.24, 2.45) is 11.8 Å². The number of nitrogens with one attached hydrogen (secondary N) is 1. The minimum atomic E-state index is -4.07. The summed E-state index contributed by atoms with van der Waals surface area (Å²) < 4.78 is 45.3. The van der Waals surface area contributed by atoms with Crippen molar-refractivity contribution in [1.29, 1.82) is 0 Å². The molecule has 0 aromatic heterocycles. The third-order valence-electron chi connectivity index (χ3n) is 5.57. The molecule has 2 nitrogen and oxygen atoms in total. The van der Waals surface area contributed by atoms with E-state index in [1.54, 1.807) is 0 Å². The third kappa shape index (κ3) is 3.73. The van der Waals surface area contributed by atoms with Crippen molar-refractivity contribution < 1.29 is 17.9 Å². The molecule has 1 aliphatic heterocycles. The molecular weight excluding hydrogens is 279 g/mol. The van der Waals surface area contributed by atoms with Gasteiger partial charge in [0.1, 0.15) is 0 Å². The second kappa shape index (κ2) is 6.07. The summed E-state index contributed by atoms with van der Waals surface area (Å²) in [4.78, 5) is 0. The van der Waals surface area contributed by atoms with Crippen LogP contribution in [0.4, 0.5) is 13.2 Å². The van der Waals surface area contributed by atoms with Crippen molar-refractivity contribution >= 4 is 0 Å². The largest absolute Gasteiger partial charge is 0.391 e. The van der Waals surface area contributed by atoms with Crippen LogP contribution in [-0.2, 0) is 4.74 Å². The topological polar surface area (TPSA) is 21.3 Å². The fourth-order valence-electron chi connectivity index (χ4n) is 4.52. The SMILES string of the molecule is FC(F)(F)C1CCCC2(CNCC(CC3CCCC3)O2)C1. The molecule has 1 spiro atoms. The zero-order chi connectivity index (χ0) is 14.9. The second-order valence-corrected chi connectivity index (χ2v) is 7.27. The Morgan fingerprint density at radius 3 is 2.57 bits per heavy atom. The first-order valence-electron chi connectivity index (χ1n) is 8.42. The van der Waals surface area contributed by atoms with Gasteiger partial charge in [0.2, 0.25) is 0 Å². The quantitative estimate of drug-likeness (QED) is 0.831. The minimum Gasteiger partial charge on any atom is -0.369 e. The highest BCUT2D eigenvalue weighted by Gasteiger charge is 2.49. The highest BCUT2D eigenvalue weighted by Crippen LogP contribution is 2.45. The van der Waals surface area contributed by atoms with Gasteiger partial charge in [-0.25, -0.2) is 0 Å². The van der Waals surface area contributed by atoms with E-state index in [9.17, 15) is 13.2 Å². The Labute approximate surface area is 124 Å². The lowest BCUT2D eigenvalue weighted by atomic mass is 9.76. The first-order chi connectivity index (χ1) is 9.97. The van der Waals surface area contributed by atoms with Gasteiger partial charge in [-0.1, -0.05) is 25.7 Å². The second-order valence-electron chi connectivity index (χ2n) is 7.27. The van der Waals surface area contributed by atoms with Crippen LogP contribution >= 0.6 is 0 Å². The molecule has 122 valence electrons. The number of hydrogen-bond acceptors (Lipinski definition) is 2. The number of morpholine rings is 1. The predicted molar refractivity (Wildman–Crippen MR) is 75.1 cm³/mol. The molecule has 3 unspecified atom stereocenters. The van der Waals surface area contributed by atoms with Crippen molar-refractivity contribution in [3.8, 4) is 0 Å². The molecule has 2 aliphatic carbocycles. The van der Waals surface area contributed by atoms with E-state index in [4.69, 9.17) is 4.74 Å². The van der Waals surface area contributed by atoms with Crippen LogP contribution in [0.25, 0.3) is 0 Å². The number of rotatable bonds is 2. The molecule has 3 fully saturated rings. The fourth-order valence-corrected chi connectivity index (χ4v) is 4.52. The van der Waals surface area contributed by atoms with Crippen LogP contribution < -0.4 is 5.32 Å². The van der Waals surface area contributed by atoms with Crippen LogP contribution in [0.1, 0.15) is 57.8 Å². The Morgan fingerprint density at radius 2 is 1.86 bits per heavy atom. The molecule has 1 heterocycles. The van der Waals surface area contributed by atoms with Gasteiger partial charge < -0.3 is 10.1 Å². The minimum absolute atomic E-state index is 0.105. The van der Waals surface area contributed by atoms with Gasteiger partial charge in [-0.2, -0.15) is 13.2 Å². The van der Waals surface area contributed by atoms with E-state index in [1.165, 1.54) is 25.7 Å². The van der Waals surface area contributed by atoms with Crippen molar-refractivity contribution in [3.05, 3.63) is 0 Å². The van der Waals surface area contributed by atoms with Crippen molar-refractivity contribution in [1.82, 2.24) is 5.32 Å². The summed E-state index contributed by atoms with van der Waals surface area (Å²) in [5, 5.41) is 3.35. The van der Waals surface area contributed by atoms with Crippen LogP contribution in [-0.4, -0.2) is 31.0 Å². The van der Waals surface area contributed by atoms with Crippen molar-refractivity contribution in [2.75, 3.05) is 13.1 Å². The highest BCUT2D eigenvalue weighted by molar-refractivity contribution is 4.96. The van der Waals surface area contributed by atoms with Crippen molar-refractivity contribution in [2.45, 2.75) is 75.7 Å². The molecule has 3 atom stereocenters. The smallest absolute Gasteiger partial charge is 0.369 e. The number of alkyl halides is 3. The molecule has 1 saturated heterocycles. The molecule has 0 bridgehead atoms. The summed E-state index contributed by atoms with van der Waals surface area (Å²) in [5.74, 6) is -0.466. The number of halogens is 3. The van der Waals surface area contributed by atoms with E-state index in [2.05, 4.69) is 5.32 Å². The van der Waals surface area contributed by atoms with Crippen LogP contribution in [0.2, 0.25) is 0 Å². The average molecular weight is 305 g/mol. The van der Waals surface area contributed by atoms with E-state index in [-0.39, 0.29) is 18.9 Å². The van der Waals surface area contributed by atoms with Gasteiger partial charge in [0, 0.05) is 13.1 Å². The van der Waals surface area contributed by atoms with E-state index in [0.29, 0.717) is 18.9 Å². The Morgan fingerprint density at radius 1 is 1.10 bits per heavy atom. The maximum atomic E-state index is 13.0. The van der Waals surface area contributed by atoms with Crippen LogP contribution in [0, 0.1) is 11.8 Å². The lowest BCUT2D eigenvalue weighted by molar-refractivity contribution is -0.219. The molecule has 21 heavy (non-hydrogen) atoms. The molecule has 5 heteroatoms. The maximum absolute atomic E-state index is 13.0. The molecule has 0 aromatic rings. The van der Waals surface area contributed by atoms with Crippen molar-refractivity contribution in [3.63, 3.8) is 0 Å². The lowest BCUT2D eigenvalue weighted by Crippen LogP contribution is -2.57. The fraction of sp³-hybridized carbons (Fsp3) is 1.00. The van der Waals surface area contributed by atoms with Gasteiger partial charge in [-0.3, -0.25) is 0 Å². The van der Waals surface area contributed by atoms with Gasteiger partial charge in [0.15, 0.2) is 0 Å². The standard InChI is InChI=1S/C16H26F3NO/c17-16(18,19)13-6-3-7-15(9-13)11-20-10-14(21-15)8-12-4-1-2-5-12/h12-14,20H,1-11H2. The summed E-state index contributed by atoms with van der Waals surface area (Å²) in [6.45, 7) is 1.38. The zero-order valence-electron chi connectivity index (χ0n) is 12.6. The molecule has 3 rings (SSSR count). The van der Waals surface area contributed by atoms with Gasteiger partial charge in [0.25, 0.3) is 0 Å². The highest BCUT2D eigenvalue weighted by atomic mass is 19.4. The van der Waals surface area contributed by atoms with E-state index in [0.717, 1.165) is 19.4 Å². The van der Waals surface area contributed by atoms with Gasteiger partial charge in [0.05, 0.1) is 17.6 Å². The molecule has 1 N–H and O–H groups in total. The Hall–Kier alpha value is -0.290. The van der Waals surface area contributed by atoms with E-state index < -0.39 is 17.7 Å². The number of ether oxygens (including phenoxy) is 1. The van der Waals surface area contributed by atoms with Crippen LogP contribution in [0.5, 0.6) is 0 Å². The maximum Gasteiger partial charge on any atom is 0.391 e. The molecule has 0 radical (unpaired) electrons. The summed E-state index contributed by atoms with van der Waals surface area (Å²) in [6.07, 6.45) is 3.98. The Bertz CT molecular complexity index is 350. The summed E-state index contributed by atoms with van der Waals surface area (Å²) in [6, 6.07) is 0. The van der Waals surface area contributed by atoms with Gasteiger partial charge in [-0.15, -0.1) is 0 Å². The van der Waals surface area contributed by atoms with E-state index in [1.807, 2.05) is 0 Å². The Kier molecular flexibility index (Phi) is 4.51. The van der Waals surface area contributed by atoms with Gasteiger partial charge in [-0.05, 0) is 38.0 Å². The summed E-state index contributed by atoms with van der Waals surface area (Å²) in [7, 11) is 0.